The molecule has 0 unspecified atom stereocenters. The van der Waals surface area contributed by atoms with E-state index in [4.69, 9.17) is 9.90 Å². The second kappa shape index (κ2) is 12.5. The van der Waals surface area contributed by atoms with Crippen LogP contribution in [0.2, 0.25) is 0 Å². The fraction of sp³-hybridized carbons (Fsp3) is 0.300. The van der Waals surface area contributed by atoms with E-state index in [0.717, 1.165) is 6.92 Å². The van der Waals surface area contributed by atoms with Gasteiger partial charge in [-0.05, 0) is 0 Å². The number of carboxylic acid groups (broad SMARTS) is 1. The summed E-state index contributed by atoms with van der Waals surface area (Å²) in [5, 5.41) is 7.42. The van der Waals surface area contributed by atoms with Crippen molar-refractivity contribution in [3.63, 3.8) is 0 Å². The Morgan fingerprint density at radius 2 is 1.12 bits per heavy atom. The minimum atomic E-state index is -0.833. The molecule has 0 bridgehead atoms. The predicted molar refractivity (Wildman–Crippen MR) is 55.1 cm³/mol. The molecule has 1 rings (SSSR count). The predicted octanol–water partition coefficient (Wildman–Crippen LogP) is 1.23. The van der Waals surface area contributed by atoms with Crippen molar-refractivity contribution in [1.29, 1.82) is 0 Å². The molecule has 1 N–H and O–H groups in total. The van der Waals surface area contributed by atoms with E-state index in [0.29, 0.717) is 14.4 Å². The summed E-state index contributed by atoms with van der Waals surface area (Å²) >= 11 is 0.569. The first-order chi connectivity index (χ1) is 7.86. The molecule has 17 heavy (non-hydrogen) atoms. The Balaban J connectivity index is 0. The molecule has 100 valence electrons. The summed E-state index contributed by atoms with van der Waals surface area (Å²) in [5.41, 5.74) is 0. The zero-order valence-corrected chi connectivity index (χ0v) is 10.6. The van der Waals surface area contributed by atoms with Crippen molar-refractivity contribution in [2.45, 2.75) is 20.8 Å². The SMILES string of the molecule is C1=COC=CO1.CC(=O)O.C[C](=O)[Ni][C](C)=O. The normalized spacial score (nSPS) is 10.8. The van der Waals surface area contributed by atoms with Crippen LogP contribution >= 0.6 is 0 Å². The fourth-order valence-corrected chi connectivity index (χ4v) is 0.865. The molecule has 0 saturated heterocycles. The summed E-state index contributed by atoms with van der Waals surface area (Å²) in [4.78, 5) is 29.0. The number of carboxylic acids is 1. The first-order valence-corrected chi connectivity index (χ1v) is 5.25. The Hall–Kier alpha value is -1.62. The van der Waals surface area contributed by atoms with Gasteiger partial charge in [-0.15, -0.1) is 0 Å². The molecule has 6 nitrogen and oxygen atoms in total. The van der Waals surface area contributed by atoms with Crippen LogP contribution in [-0.2, 0) is 38.3 Å². The Morgan fingerprint density at radius 3 is 1.18 bits per heavy atom. The summed E-state index contributed by atoms with van der Waals surface area (Å²) in [6.07, 6.45) is 5.83. The van der Waals surface area contributed by atoms with Crippen LogP contribution in [0.3, 0.4) is 0 Å². The van der Waals surface area contributed by atoms with Crippen molar-refractivity contribution < 1.29 is 43.4 Å². The van der Waals surface area contributed by atoms with Crippen molar-refractivity contribution in [3.8, 4) is 0 Å². The Bertz CT molecular complexity index is 272. The summed E-state index contributed by atoms with van der Waals surface area (Å²) in [6, 6.07) is 0. The molecular formula is C10H14NiO6. The monoisotopic (exact) mass is 288 g/mol. The standard InChI is InChI=1S/C4H4O2.C2H4O2.2C2H3O.Ni/c1-2-6-4-3-5-1;1-2(3)4;2*1-2-3;/h1-4H;1H3,(H,3,4);2*1H3;. The van der Waals surface area contributed by atoms with E-state index in [9.17, 15) is 9.59 Å². The van der Waals surface area contributed by atoms with Crippen LogP contribution in [0.5, 0.6) is 0 Å². The van der Waals surface area contributed by atoms with Crippen molar-refractivity contribution in [2.75, 3.05) is 0 Å². The molecule has 0 atom stereocenters. The molecule has 0 aromatic rings. The molecule has 0 aromatic heterocycles. The molecule has 1 aliphatic heterocycles. The first kappa shape index (κ1) is 17.8. The van der Waals surface area contributed by atoms with Gasteiger partial charge in [-0.25, -0.2) is 0 Å². The van der Waals surface area contributed by atoms with Crippen LogP contribution in [0, 0.1) is 0 Å². The van der Waals surface area contributed by atoms with E-state index in [1.54, 1.807) is 0 Å². The maximum atomic E-state index is 10.0. The quantitative estimate of drug-likeness (QED) is 0.769. The minimum absolute atomic E-state index is 0.125. The molecule has 1 heterocycles. The molecule has 0 fully saturated rings. The van der Waals surface area contributed by atoms with Crippen LogP contribution in [0.25, 0.3) is 0 Å². The summed E-state index contributed by atoms with van der Waals surface area (Å²) in [7, 11) is 0. The van der Waals surface area contributed by atoms with Gasteiger partial charge in [0.25, 0.3) is 5.97 Å². The second-order valence-corrected chi connectivity index (χ2v) is 3.91. The van der Waals surface area contributed by atoms with Gasteiger partial charge in [0, 0.05) is 6.92 Å². The molecule has 0 radical (unpaired) electrons. The molecule has 1 aliphatic rings. The number of ether oxygens (including phenoxy) is 2. The molecular weight excluding hydrogens is 275 g/mol. The van der Waals surface area contributed by atoms with Gasteiger partial charge in [0.15, 0.2) is 0 Å². The molecule has 0 aliphatic carbocycles. The number of hydrogen-bond acceptors (Lipinski definition) is 5. The van der Waals surface area contributed by atoms with Crippen LogP contribution in [0.1, 0.15) is 20.8 Å². The summed E-state index contributed by atoms with van der Waals surface area (Å²) in [6.45, 7) is 3.84. The van der Waals surface area contributed by atoms with Crippen LogP contribution in [0.15, 0.2) is 25.0 Å². The van der Waals surface area contributed by atoms with E-state index >= 15 is 0 Å². The Morgan fingerprint density at radius 1 is 0.882 bits per heavy atom. The van der Waals surface area contributed by atoms with Crippen molar-refractivity contribution in [3.05, 3.63) is 25.0 Å². The van der Waals surface area contributed by atoms with E-state index in [2.05, 4.69) is 9.47 Å². The maximum absolute atomic E-state index is 10.0. The molecule has 0 saturated carbocycles. The summed E-state index contributed by atoms with van der Waals surface area (Å²) in [5.74, 6) is -0.833. The van der Waals surface area contributed by atoms with Crippen LogP contribution in [0.4, 0.5) is 0 Å². The van der Waals surface area contributed by atoms with Crippen molar-refractivity contribution in [1.82, 2.24) is 0 Å². The second-order valence-electron chi connectivity index (χ2n) is 2.27. The third-order valence-electron chi connectivity index (χ3n) is 0.648. The zero-order chi connectivity index (χ0) is 13.7. The van der Waals surface area contributed by atoms with Gasteiger partial charge < -0.3 is 14.6 Å². The van der Waals surface area contributed by atoms with Gasteiger partial charge >= 0.3 is 47.4 Å². The van der Waals surface area contributed by atoms with E-state index in [1.807, 2.05) is 0 Å². The topological polar surface area (TPSA) is 89.9 Å². The fourth-order valence-electron chi connectivity index (χ4n) is 0.376. The van der Waals surface area contributed by atoms with Gasteiger partial charge in [-0.2, -0.15) is 0 Å². The Kier molecular flexibility index (Phi) is 13.0. The number of carbonyl (C=O) groups is 3. The molecule has 0 aromatic carbocycles. The van der Waals surface area contributed by atoms with Crippen LogP contribution in [-0.4, -0.2) is 20.6 Å². The number of carbonyl (C=O) groups excluding carboxylic acids is 2. The van der Waals surface area contributed by atoms with Crippen LogP contribution < -0.4 is 0 Å². The zero-order valence-electron chi connectivity index (χ0n) is 9.61. The number of rotatable bonds is 2. The molecule has 0 spiro atoms. The van der Waals surface area contributed by atoms with Crippen molar-refractivity contribution in [2.24, 2.45) is 0 Å². The molecule has 0 amide bonds. The molecule has 7 heteroatoms. The Labute approximate surface area is 105 Å². The van der Waals surface area contributed by atoms with E-state index in [-0.39, 0.29) is 9.51 Å². The number of hydrogen-bond donors (Lipinski definition) is 1. The van der Waals surface area contributed by atoms with Gasteiger partial charge in [0.2, 0.25) is 0 Å². The van der Waals surface area contributed by atoms with E-state index < -0.39 is 5.97 Å². The van der Waals surface area contributed by atoms with Gasteiger partial charge in [-0.1, -0.05) is 0 Å². The van der Waals surface area contributed by atoms with E-state index in [1.165, 1.54) is 38.9 Å². The number of aliphatic carboxylic acids is 1. The third kappa shape index (κ3) is 31.4. The first-order valence-electron chi connectivity index (χ1n) is 4.26. The summed E-state index contributed by atoms with van der Waals surface area (Å²) < 4.78 is 8.92. The third-order valence-corrected chi connectivity index (χ3v) is 1.34. The van der Waals surface area contributed by atoms with Gasteiger partial charge in [0.1, 0.15) is 25.0 Å². The average molecular weight is 289 g/mol. The van der Waals surface area contributed by atoms with Gasteiger partial charge in [0.05, 0.1) is 0 Å². The average Bonchev–Trinajstić information content (AvgIpc) is 2.18. The van der Waals surface area contributed by atoms with Gasteiger partial charge in [-0.3, -0.25) is 4.79 Å². The van der Waals surface area contributed by atoms with Crippen molar-refractivity contribution >= 4 is 15.5 Å².